The fraction of sp³-hybridized carbons (Fsp3) is 0.222. The van der Waals surface area contributed by atoms with Crippen molar-refractivity contribution in [3.63, 3.8) is 0 Å². The van der Waals surface area contributed by atoms with Gasteiger partial charge in [-0.05, 0) is 29.3 Å². The number of sulfonamides is 2. The van der Waals surface area contributed by atoms with Crippen LogP contribution < -0.4 is 21.3 Å². The van der Waals surface area contributed by atoms with Gasteiger partial charge in [0.15, 0.2) is 5.95 Å². The Bertz CT molecular complexity index is 1560. The van der Waals surface area contributed by atoms with Crippen LogP contribution in [-0.4, -0.2) is 60.0 Å². The molecule has 180 valence electrons. The van der Waals surface area contributed by atoms with Gasteiger partial charge in [-0.25, -0.2) is 31.7 Å². The van der Waals surface area contributed by atoms with Crippen LogP contribution in [0.4, 0.5) is 5.95 Å². The number of tetrazole rings is 1. The van der Waals surface area contributed by atoms with Gasteiger partial charge < -0.3 is 16.5 Å². The Morgan fingerprint density at radius 1 is 1.12 bits per heavy atom. The molecule has 0 bridgehead atoms. The molecule has 0 fully saturated rings. The van der Waals surface area contributed by atoms with E-state index in [1.54, 1.807) is 25.1 Å². The second-order valence-electron chi connectivity index (χ2n) is 7.38. The van der Waals surface area contributed by atoms with Crippen LogP contribution in [-0.2, 0) is 20.0 Å². The summed E-state index contributed by atoms with van der Waals surface area (Å²) in [6, 6.07) is 7.06. The normalized spacial score (nSPS) is 13.4. The summed E-state index contributed by atoms with van der Waals surface area (Å²) in [5.41, 5.74) is 13.0. The van der Waals surface area contributed by atoms with Crippen molar-refractivity contribution in [3.05, 3.63) is 30.3 Å². The first-order valence-corrected chi connectivity index (χ1v) is 13.0. The molecule has 34 heavy (non-hydrogen) atoms. The van der Waals surface area contributed by atoms with Gasteiger partial charge in [0.25, 0.3) is 0 Å². The zero-order valence-electron chi connectivity index (χ0n) is 17.8. The third kappa shape index (κ3) is 4.24. The Hall–Kier alpha value is -3.44. The molecule has 1 unspecified atom stereocenters. The highest BCUT2D eigenvalue weighted by molar-refractivity contribution is 7.92. The van der Waals surface area contributed by atoms with Gasteiger partial charge in [0.05, 0.1) is 16.6 Å². The average molecular weight is 507 g/mol. The average Bonchev–Trinajstić information content (AvgIpc) is 3.44. The summed E-state index contributed by atoms with van der Waals surface area (Å²) in [6.07, 6.45) is 0.388. The van der Waals surface area contributed by atoms with Crippen molar-refractivity contribution in [2.75, 3.05) is 12.3 Å². The minimum atomic E-state index is -4.63. The van der Waals surface area contributed by atoms with E-state index in [-0.39, 0.29) is 29.4 Å². The molecule has 0 aliphatic carbocycles. The lowest BCUT2D eigenvalue weighted by molar-refractivity contribution is 0.539. The lowest BCUT2D eigenvalue weighted by atomic mass is 9.98. The highest BCUT2D eigenvalue weighted by Gasteiger charge is 2.33. The van der Waals surface area contributed by atoms with Gasteiger partial charge in [-0.1, -0.05) is 25.1 Å². The molecule has 0 aliphatic heterocycles. The Balaban J connectivity index is 2.10. The molecule has 9 N–H and O–H groups in total. The van der Waals surface area contributed by atoms with Crippen LogP contribution in [0.25, 0.3) is 33.5 Å². The number of hydrogen-bond acceptors (Lipinski definition) is 10. The first-order valence-electron chi connectivity index (χ1n) is 9.97. The van der Waals surface area contributed by atoms with E-state index >= 15 is 0 Å². The molecular weight excluding hydrogens is 484 g/mol. The third-order valence-electron chi connectivity index (χ3n) is 5.18. The van der Waals surface area contributed by atoms with Gasteiger partial charge in [0.1, 0.15) is 9.79 Å². The lowest BCUT2D eigenvalue weighted by Crippen LogP contribution is -2.40. The predicted octanol–water partition coefficient (Wildman–Crippen LogP) is -0.345. The van der Waals surface area contributed by atoms with E-state index in [0.717, 1.165) is 6.07 Å². The number of H-pyrrole nitrogens is 2. The van der Waals surface area contributed by atoms with E-state index in [9.17, 15) is 16.8 Å². The summed E-state index contributed by atoms with van der Waals surface area (Å²) in [6.45, 7) is 1.75. The van der Waals surface area contributed by atoms with Crippen LogP contribution in [0.15, 0.2) is 40.1 Å². The minimum absolute atomic E-state index is 0.0127. The molecule has 0 saturated carbocycles. The standard InChI is InChI=1S/C18H22N10O4S2/c1-2-9(8-19)26-34(31,32)13-7-6-10(11-4-3-5-12-15(11)23-18(20)22-12)14(16(13)33(21,29)30)17-24-27-28-25-17/h3-7,9,26H,2,8,19H2,1H3,(H3,20,22,23)(H2,21,29,30)(H,24,25,27,28). The maximum Gasteiger partial charge on any atom is 0.242 e. The number of nitrogens with one attached hydrogen (secondary N) is 3. The van der Waals surface area contributed by atoms with Gasteiger partial charge in [0, 0.05) is 18.2 Å². The molecule has 4 aromatic rings. The van der Waals surface area contributed by atoms with E-state index in [2.05, 4.69) is 35.3 Å². The molecule has 0 radical (unpaired) electrons. The number of benzene rings is 2. The number of rotatable bonds is 8. The van der Waals surface area contributed by atoms with E-state index in [1.807, 2.05) is 0 Å². The van der Waals surface area contributed by atoms with Crippen molar-refractivity contribution in [2.24, 2.45) is 10.9 Å². The summed E-state index contributed by atoms with van der Waals surface area (Å²) in [4.78, 5) is 5.90. The molecule has 4 rings (SSSR count). The molecule has 0 spiro atoms. The fourth-order valence-corrected chi connectivity index (χ4v) is 6.56. The number of primary sulfonamides is 1. The summed E-state index contributed by atoms with van der Waals surface area (Å²) >= 11 is 0. The Morgan fingerprint density at radius 2 is 1.88 bits per heavy atom. The van der Waals surface area contributed by atoms with E-state index < -0.39 is 35.9 Å². The number of fused-ring (bicyclic) bond motifs is 1. The highest BCUT2D eigenvalue weighted by atomic mass is 32.2. The van der Waals surface area contributed by atoms with E-state index in [1.165, 1.54) is 6.07 Å². The number of aromatic nitrogens is 6. The zero-order chi connectivity index (χ0) is 24.7. The number of aromatic amines is 2. The quantitative estimate of drug-likeness (QED) is 0.181. The van der Waals surface area contributed by atoms with Gasteiger partial charge in [0.2, 0.25) is 25.9 Å². The van der Waals surface area contributed by atoms with Crippen LogP contribution in [0, 0.1) is 0 Å². The summed E-state index contributed by atoms with van der Waals surface area (Å²) in [5, 5.41) is 19.1. The molecule has 0 aliphatic rings. The minimum Gasteiger partial charge on any atom is -0.369 e. The first kappa shape index (κ1) is 23.7. The number of nitrogens with two attached hydrogens (primary N) is 3. The van der Waals surface area contributed by atoms with Crippen molar-refractivity contribution in [1.29, 1.82) is 0 Å². The molecule has 2 aromatic heterocycles. The van der Waals surface area contributed by atoms with Crippen LogP contribution >= 0.6 is 0 Å². The van der Waals surface area contributed by atoms with Crippen molar-refractivity contribution in [3.8, 4) is 22.5 Å². The summed E-state index contributed by atoms with van der Waals surface area (Å²) in [7, 11) is -8.99. The lowest BCUT2D eigenvalue weighted by Gasteiger charge is -2.19. The Kier molecular flexibility index (Phi) is 6.09. The SMILES string of the molecule is CCC(CN)NS(=O)(=O)c1ccc(-c2cccc3[nH]c(N)nc23)c(-c2nn[nH]n2)c1S(N)(=O)=O. The highest BCUT2D eigenvalue weighted by Crippen LogP contribution is 2.40. The predicted molar refractivity (Wildman–Crippen MR) is 124 cm³/mol. The van der Waals surface area contributed by atoms with Gasteiger partial charge in [-0.3, -0.25) is 0 Å². The van der Waals surface area contributed by atoms with Crippen molar-refractivity contribution >= 4 is 37.0 Å². The van der Waals surface area contributed by atoms with Crippen molar-refractivity contribution in [1.82, 2.24) is 35.3 Å². The molecule has 16 heteroatoms. The van der Waals surface area contributed by atoms with E-state index in [0.29, 0.717) is 23.0 Å². The Morgan fingerprint density at radius 3 is 2.50 bits per heavy atom. The number of nitrogens with zero attached hydrogens (tertiary/aromatic N) is 4. The second kappa shape index (κ2) is 8.73. The molecule has 2 aromatic carbocycles. The largest absolute Gasteiger partial charge is 0.369 e. The summed E-state index contributed by atoms with van der Waals surface area (Å²) in [5.74, 6) is -0.0338. The van der Waals surface area contributed by atoms with Crippen LogP contribution in [0.5, 0.6) is 0 Å². The molecular formula is C18H22N10O4S2. The van der Waals surface area contributed by atoms with Gasteiger partial charge in [-0.15, -0.1) is 10.2 Å². The monoisotopic (exact) mass is 506 g/mol. The van der Waals surface area contributed by atoms with E-state index in [4.69, 9.17) is 16.6 Å². The van der Waals surface area contributed by atoms with Crippen molar-refractivity contribution in [2.45, 2.75) is 29.2 Å². The number of imidazole rings is 1. The van der Waals surface area contributed by atoms with Crippen LogP contribution in [0.2, 0.25) is 0 Å². The maximum absolute atomic E-state index is 13.2. The van der Waals surface area contributed by atoms with Gasteiger partial charge >= 0.3 is 0 Å². The fourth-order valence-electron chi connectivity index (χ4n) is 3.62. The van der Waals surface area contributed by atoms with Gasteiger partial charge in [-0.2, -0.15) is 5.21 Å². The topological polar surface area (TPSA) is 242 Å². The molecule has 0 saturated heterocycles. The molecule has 0 amide bonds. The smallest absolute Gasteiger partial charge is 0.242 e. The Labute approximate surface area is 194 Å². The number of para-hydroxylation sites is 1. The number of hydrogen-bond donors (Lipinski definition) is 6. The first-order chi connectivity index (χ1) is 16.1. The maximum atomic E-state index is 13.2. The molecule has 14 nitrogen and oxygen atoms in total. The van der Waals surface area contributed by atoms with Crippen LogP contribution in [0.1, 0.15) is 13.3 Å². The zero-order valence-corrected chi connectivity index (χ0v) is 19.5. The number of nitrogen functional groups attached to an aromatic ring is 1. The third-order valence-corrected chi connectivity index (χ3v) is 7.87. The molecule has 2 heterocycles. The number of anilines is 1. The van der Waals surface area contributed by atoms with Crippen molar-refractivity contribution < 1.29 is 16.8 Å². The van der Waals surface area contributed by atoms with Crippen LogP contribution in [0.3, 0.4) is 0 Å². The second-order valence-corrected chi connectivity index (χ2v) is 10.6. The molecule has 1 atom stereocenters. The summed E-state index contributed by atoms with van der Waals surface area (Å²) < 4.78 is 54.5.